The Bertz CT molecular complexity index is 954. The Morgan fingerprint density at radius 2 is 1.42 bits per heavy atom. The van der Waals surface area contributed by atoms with Gasteiger partial charge in [-0.05, 0) is 49.4 Å². The molecule has 212 valence electrons. The highest BCUT2D eigenvalue weighted by Gasteiger charge is 2.31. The van der Waals surface area contributed by atoms with Crippen molar-refractivity contribution in [1.29, 1.82) is 0 Å². The van der Waals surface area contributed by atoms with Crippen LogP contribution in [0.15, 0.2) is 24.3 Å². The molecule has 13 nitrogen and oxygen atoms in total. The van der Waals surface area contributed by atoms with Gasteiger partial charge < -0.3 is 43.4 Å². The smallest absolute Gasteiger partial charge is 0.326 e. The number of nitrogens with one attached hydrogen (secondary N) is 3. The van der Waals surface area contributed by atoms with Crippen LogP contribution in [0.2, 0.25) is 0 Å². The Hall–Kier alpha value is -3.71. The fraction of sp³-hybridized carbons (Fsp3) is 0.560. The first-order chi connectivity index (χ1) is 17.8. The Morgan fingerprint density at radius 1 is 0.868 bits per heavy atom. The van der Waals surface area contributed by atoms with Gasteiger partial charge in [0.2, 0.25) is 23.6 Å². The quantitative estimate of drug-likeness (QED) is 0.112. The van der Waals surface area contributed by atoms with Gasteiger partial charge in [0.1, 0.15) is 23.9 Å². The summed E-state index contributed by atoms with van der Waals surface area (Å²) < 4.78 is 0. The van der Waals surface area contributed by atoms with Crippen LogP contribution in [0.3, 0.4) is 0 Å². The molecule has 0 saturated carbocycles. The third-order valence-electron chi connectivity index (χ3n) is 5.68. The molecule has 0 aromatic heterocycles. The minimum atomic E-state index is -1.48. The Morgan fingerprint density at radius 3 is 1.95 bits per heavy atom. The highest BCUT2D eigenvalue weighted by Crippen LogP contribution is 2.12. The number of carbonyl (C=O) groups excluding carboxylic acids is 4. The van der Waals surface area contributed by atoms with Gasteiger partial charge in [-0.1, -0.05) is 32.4 Å². The molecule has 0 heterocycles. The molecule has 0 aliphatic carbocycles. The summed E-state index contributed by atoms with van der Waals surface area (Å²) in [5.74, 6) is -4.49. The first kappa shape index (κ1) is 32.3. The van der Waals surface area contributed by atoms with Crippen LogP contribution in [0, 0.1) is 5.92 Å². The minimum Gasteiger partial charge on any atom is -0.508 e. The van der Waals surface area contributed by atoms with Gasteiger partial charge in [0.25, 0.3) is 0 Å². The number of amides is 4. The Balaban J connectivity index is 2.98. The molecule has 0 spiro atoms. The summed E-state index contributed by atoms with van der Waals surface area (Å²) in [4.78, 5) is 62.0. The molecule has 0 radical (unpaired) electrons. The summed E-state index contributed by atoms with van der Waals surface area (Å²) in [6, 6.07) is 0.964. The van der Waals surface area contributed by atoms with Crippen molar-refractivity contribution < 1.29 is 34.2 Å². The predicted molar refractivity (Wildman–Crippen MR) is 139 cm³/mol. The lowest BCUT2D eigenvalue weighted by molar-refractivity contribution is -0.142. The zero-order valence-corrected chi connectivity index (χ0v) is 21.8. The number of unbranched alkanes of at least 4 members (excludes halogenated alkanes) is 1. The molecular formula is C25H40N6O7. The zero-order chi connectivity index (χ0) is 28.8. The van der Waals surface area contributed by atoms with Crippen LogP contribution in [-0.4, -0.2) is 70.5 Å². The van der Waals surface area contributed by atoms with E-state index in [0.717, 1.165) is 0 Å². The van der Waals surface area contributed by atoms with Gasteiger partial charge in [-0.3, -0.25) is 19.2 Å². The number of carboxylic acids is 1. The number of aromatic hydroxyl groups is 1. The maximum atomic E-state index is 13.1. The maximum absolute atomic E-state index is 13.1. The van der Waals surface area contributed by atoms with Gasteiger partial charge in [0, 0.05) is 6.42 Å². The number of benzene rings is 1. The molecule has 38 heavy (non-hydrogen) atoms. The average Bonchev–Trinajstić information content (AvgIpc) is 2.83. The van der Waals surface area contributed by atoms with E-state index in [4.69, 9.17) is 17.2 Å². The molecule has 4 amide bonds. The Kier molecular flexibility index (Phi) is 13.8. The Labute approximate surface area is 221 Å². The van der Waals surface area contributed by atoms with E-state index in [1.807, 2.05) is 13.8 Å². The highest BCUT2D eigenvalue weighted by molar-refractivity contribution is 5.96. The van der Waals surface area contributed by atoms with E-state index in [0.29, 0.717) is 31.4 Å². The molecule has 0 aliphatic rings. The average molecular weight is 537 g/mol. The molecule has 0 saturated heterocycles. The van der Waals surface area contributed by atoms with Crippen LogP contribution in [-0.2, 0) is 30.4 Å². The fourth-order valence-electron chi connectivity index (χ4n) is 3.64. The largest absolute Gasteiger partial charge is 0.508 e. The first-order valence-corrected chi connectivity index (χ1v) is 12.5. The molecule has 0 fully saturated rings. The number of nitrogens with two attached hydrogens (primary N) is 3. The number of carbonyl (C=O) groups is 5. The van der Waals surface area contributed by atoms with Crippen molar-refractivity contribution in [2.75, 3.05) is 6.54 Å². The topological polar surface area (TPSA) is 240 Å². The van der Waals surface area contributed by atoms with Gasteiger partial charge in [0.05, 0.1) is 12.5 Å². The van der Waals surface area contributed by atoms with E-state index in [2.05, 4.69) is 16.0 Å². The predicted octanol–water partition coefficient (Wildman–Crippen LogP) is -1.15. The van der Waals surface area contributed by atoms with Crippen LogP contribution in [0.4, 0.5) is 0 Å². The third kappa shape index (κ3) is 12.0. The van der Waals surface area contributed by atoms with Crippen molar-refractivity contribution in [1.82, 2.24) is 16.0 Å². The second-order valence-electron chi connectivity index (χ2n) is 9.58. The van der Waals surface area contributed by atoms with Crippen LogP contribution >= 0.6 is 0 Å². The van der Waals surface area contributed by atoms with Gasteiger partial charge in [-0.25, -0.2) is 4.79 Å². The van der Waals surface area contributed by atoms with Crippen molar-refractivity contribution in [3.63, 3.8) is 0 Å². The number of primary amides is 1. The second-order valence-corrected chi connectivity index (χ2v) is 9.58. The van der Waals surface area contributed by atoms with E-state index in [1.165, 1.54) is 24.3 Å². The van der Waals surface area contributed by atoms with Gasteiger partial charge in [-0.15, -0.1) is 0 Å². The molecule has 0 bridgehead atoms. The SMILES string of the molecule is CC(C)CC(NC(=O)C(N)CCCCN)C(=O)NC(CC(N)=O)C(=O)NC(Cc1ccc(O)cc1)C(=O)O. The summed E-state index contributed by atoms with van der Waals surface area (Å²) in [7, 11) is 0. The highest BCUT2D eigenvalue weighted by atomic mass is 16.4. The normalized spacial score (nSPS) is 14.1. The van der Waals surface area contributed by atoms with E-state index < -0.39 is 60.2 Å². The molecular weight excluding hydrogens is 496 g/mol. The van der Waals surface area contributed by atoms with Gasteiger partial charge >= 0.3 is 5.97 Å². The minimum absolute atomic E-state index is 0.00606. The number of aliphatic carboxylic acids is 1. The van der Waals surface area contributed by atoms with Crippen molar-refractivity contribution in [3.8, 4) is 5.75 Å². The van der Waals surface area contributed by atoms with Gasteiger partial charge in [-0.2, -0.15) is 0 Å². The van der Waals surface area contributed by atoms with Crippen LogP contribution in [0.1, 0.15) is 51.5 Å². The van der Waals surface area contributed by atoms with Crippen LogP contribution < -0.4 is 33.2 Å². The van der Waals surface area contributed by atoms with Crippen molar-refractivity contribution in [2.24, 2.45) is 23.1 Å². The van der Waals surface area contributed by atoms with Gasteiger partial charge in [0.15, 0.2) is 0 Å². The summed E-state index contributed by atoms with van der Waals surface area (Å²) in [5.41, 5.74) is 17.2. The standard InChI is InChI=1S/C25H40N6O7/c1-14(2)11-18(29-22(34)17(27)5-3-4-10-26)23(35)30-19(13-21(28)33)24(36)31-20(25(37)38)12-15-6-8-16(32)9-7-15/h6-9,14,17-20,32H,3-5,10-13,26-27H2,1-2H3,(H2,28,33)(H,29,34)(H,30,35)(H,31,36)(H,37,38). The molecule has 4 atom stereocenters. The lowest BCUT2D eigenvalue weighted by Crippen LogP contribution is -2.58. The summed E-state index contributed by atoms with van der Waals surface area (Å²) >= 11 is 0. The zero-order valence-electron chi connectivity index (χ0n) is 21.8. The third-order valence-corrected chi connectivity index (χ3v) is 5.68. The summed E-state index contributed by atoms with van der Waals surface area (Å²) in [5, 5.41) is 26.3. The molecule has 1 aromatic rings. The lowest BCUT2D eigenvalue weighted by Gasteiger charge is -2.25. The maximum Gasteiger partial charge on any atom is 0.326 e. The summed E-state index contributed by atoms with van der Waals surface area (Å²) in [6.45, 7) is 4.14. The number of phenols is 1. The number of hydrogen-bond acceptors (Lipinski definition) is 8. The first-order valence-electron chi connectivity index (χ1n) is 12.5. The van der Waals surface area contributed by atoms with E-state index in [9.17, 15) is 34.2 Å². The van der Waals surface area contributed by atoms with E-state index in [1.54, 1.807) is 0 Å². The molecule has 4 unspecified atom stereocenters. The number of phenolic OH excluding ortho intramolecular Hbond substituents is 1. The second kappa shape index (κ2) is 16.2. The lowest BCUT2D eigenvalue weighted by atomic mass is 10.0. The molecule has 1 aromatic carbocycles. The molecule has 1 rings (SSSR count). The monoisotopic (exact) mass is 536 g/mol. The fourth-order valence-corrected chi connectivity index (χ4v) is 3.64. The van der Waals surface area contributed by atoms with Crippen molar-refractivity contribution in [2.45, 2.75) is 76.5 Å². The van der Waals surface area contributed by atoms with Crippen molar-refractivity contribution in [3.05, 3.63) is 29.8 Å². The molecule has 13 heteroatoms. The van der Waals surface area contributed by atoms with Crippen LogP contribution in [0.25, 0.3) is 0 Å². The van der Waals surface area contributed by atoms with E-state index in [-0.39, 0.29) is 24.5 Å². The van der Waals surface area contributed by atoms with E-state index >= 15 is 0 Å². The molecule has 0 aliphatic heterocycles. The molecule has 11 N–H and O–H groups in total. The van der Waals surface area contributed by atoms with Crippen molar-refractivity contribution >= 4 is 29.6 Å². The number of hydrogen-bond donors (Lipinski definition) is 8. The number of carboxylic acid groups (broad SMARTS) is 1. The summed E-state index contributed by atoms with van der Waals surface area (Å²) in [6.07, 6.45) is 1.23. The number of rotatable bonds is 17. The van der Waals surface area contributed by atoms with Crippen LogP contribution in [0.5, 0.6) is 5.75 Å².